The van der Waals surface area contributed by atoms with E-state index < -0.39 is 26.2 Å². The Balaban J connectivity index is 1.80. The van der Waals surface area contributed by atoms with Crippen LogP contribution in [0.1, 0.15) is 18.9 Å². The maximum Gasteiger partial charge on any atom is 0.350 e. The minimum atomic E-state index is -4.22. The number of hydrogen-bond acceptors (Lipinski definition) is 7. The van der Waals surface area contributed by atoms with Gasteiger partial charge in [0.15, 0.2) is 11.5 Å². The van der Waals surface area contributed by atoms with Crippen LogP contribution in [0.5, 0.6) is 0 Å². The number of nitrogens with zero attached hydrogens (tertiary/aromatic N) is 4. The van der Waals surface area contributed by atoms with E-state index in [2.05, 4.69) is 15.0 Å². The van der Waals surface area contributed by atoms with Crippen LogP contribution in [0.15, 0.2) is 12.7 Å². The number of aliphatic hydroxyl groups excluding tert-OH is 1. The number of rotatable bonds is 4. The minimum Gasteiger partial charge on any atom is -0.391 e. The highest BCUT2D eigenvalue weighted by Crippen LogP contribution is 2.39. The molecule has 1 fully saturated rings. The SMILES string of the molecule is Nc1ncnc2c1ncn2[C@@H]1C[C@H](OCP(=O)(O)O)C[C@H]1O. The summed E-state index contributed by atoms with van der Waals surface area (Å²) in [4.78, 5) is 29.8. The van der Waals surface area contributed by atoms with Gasteiger partial charge in [0.1, 0.15) is 18.2 Å². The van der Waals surface area contributed by atoms with E-state index in [1.165, 1.54) is 12.7 Å². The molecule has 0 radical (unpaired) electrons. The van der Waals surface area contributed by atoms with E-state index in [0.717, 1.165) is 0 Å². The van der Waals surface area contributed by atoms with Gasteiger partial charge in [0.25, 0.3) is 0 Å². The molecule has 0 spiro atoms. The van der Waals surface area contributed by atoms with Gasteiger partial charge < -0.3 is 29.9 Å². The minimum absolute atomic E-state index is 0.255. The van der Waals surface area contributed by atoms with Crippen molar-refractivity contribution in [3.63, 3.8) is 0 Å². The third kappa shape index (κ3) is 2.96. The first-order valence-electron chi connectivity index (χ1n) is 6.62. The molecule has 22 heavy (non-hydrogen) atoms. The fourth-order valence-corrected chi connectivity index (χ4v) is 3.10. The van der Waals surface area contributed by atoms with Crippen LogP contribution in [0.25, 0.3) is 11.2 Å². The number of nitrogen functional groups attached to an aromatic ring is 1. The van der Waals surface area contributed by atoms with Crippen LogP contribution < -0.4 is 5.73 Å². The van der Waals surface area contributed by atoms with Crippen LogP contribution in [-0.4, -0.2) is 53.0 Å². The van der Waals surface area contributed by atoms with Gasteiger partial charge in [-0.05, 0) is 6.42 Å². The molecule has 2 aromatic rings. The zero-order valence-corrected chi connectivity index (χ0v) is 12.4. The van der Waals surface area contributed by atoms with Crippen LogP contribution in [0.3, 0.4) is 0 Å². The summed E-state index contributed by atoms with van der Waals surface area (Å²) in [5.74, 6) is 0.255. The van der Waals surface area contributed by atoms with Gasteiger partial charge in [-0.15, -0.1) is 0 Å². The first-order chi connectivity index (χ1) is 10.3. The van der Waals surface area contributed by atoms with Gasteiger partial charge in [0.2, 0.25) is 0 Å². The van der Waals surface area contributed by atoms with Crippen LogP contribution in [0.2, 0.25) is 0 Å². The average Bonchev–Trinajstić information content (AvgIpc) is 3.00. The van der Waals surface area contributed by atoms with Gasteiger partial charge in [-0.3, -0.25) is 4.57 Å². The molecular formula is C11H16N5O5P. The molecule has 3 rings (SSSR count). The highest BCUT2D eigenvalue weighted by molar-refractivity contribution is 7.51. The largest absolute Gasteiger partial charge is 0.391 e. The Bertz CT molecular complexity index is 731. The van der Waals surface area contributed by atoms with Crippen molar-refractivity contribution in [3.8, 4) is 0 Å². The fraction of sp³-hybridized carbons (Fsp3) is 0.545. The number of hydrogen-bond donors (Lipinski definition) is 4. The maximum absolute atomic E-state index is 10.9. The third-order valence-corrected chi connectivity index (χ3v) is 4.16. The van der Waals surface area contributed by atoms with Gasteiger partial charge in [-0.2, -0.15) is 0 Å². The molecule has 5 N–H and O–H groups in total. The summed E-state index contributed by atoms with van der Waals surface area (Å²) in [5, 5.41) is 10.2. The van der Waals surface area contributed by atoms with Crippen molar-refractivity contribution < 1.29 is 24.2 Å². The van der Waals surface area contributed by atoms with Gasteiger partial charge in [0, 0.05) is 6.42 Å². The van der Waals surface area contributed by atoms with E-state index in [-0.39, 0.29) is 18.3 Å². The molecule has 1 aliphatic carbocycles. The van der Waals surface area contributed by atoms with Crippen LogP contribution in [0, 0.1) is 0 Å². The van der Waals surface area contributed by atoms with Crippen molar-refractivity contribution in [1.82, 2.24) is 19.5 Å². The zero-order valence-electron chi connectivity index (χ0n) is 11.5. The molecule has 120 valence electrons. The van der Waals surface area contributed by atoms with E-state index in [0.29, 0.717) is 17.6 Å². The molecular weight excluding hydrogens is 313 g/mol. The average molecular weight is 329 g/mol. The first kappa shape index (κ1) is 15.3. The molecule has 11 heteroatoms. The lowest BCUT2D eigenvalue weighted by atomic mass is 10.2. The van der Waals surface area contributed by atoms with Gasteiger partial charge in [-0.1, -0.05) is 0 Å². The van der Waals surface area contributed by atoms with Crippen molar-refractivity contribution in [3.05, 3.63) is 12.7 Å². The Kier molecular flexibility index (Phi) is 3.87. The van der Waals surface area contributed by atoms with Gasteiger partial charge in [0.05, 0.1) is 24.6 Å². The normalized spacial score (nSPS) is 25.9. The standard InChI is InChI=1S/C11H16N5O5P/c12-10-9-11(14-3-13-10)16(4-15-9)7-1-6(2-8(7)17)21-5-22(18,19)20/h3-4,6-8,17H,1-2,5H2,(H2,12,13,14)(H2,18,19,20)/t6-,7+,8+/m0/s1. The smallest absolute Gasteiger partial charge is 0.350 e. The highest BCUT2D eigenvalue weighted by Gasteiger charge is 2.36. The monoisotopic (exact) mass is 329 g/mol. The van der Waals surface area contributed by atoms with E-state index in [1.54, 1.807) is 4.57 Å². The summed E-state index contributed by atoms with van der Waals surface area (Å²) in [6, 6.07) is -0.346. The molecule has 0 amide bonds. The van der Waals surface area contributed by atoms with Crippen LogP contribution >= 0.6 is 7.60 Å². The molecule has 0 aliphatic heterocycles. The van der Waals surface area contributed by atoms with Gasteiger partial charge in [-0.25, -0.2) is 15.0 Å². The van der Waals surface area contributed by atoms with E-state index >= 15 is 0 Å². The highest BCUT2D eigenvalue weighted by atomic mass is 31.2. The topological polar surface area (TPSA) is 157 Å². The Morgan fingerprint density at radius 2 is 2.14 bits per heavy atom. The van der Waals surface area contributed by atoms with Crippen molar-refractivity contribution >= 4 is 24.6 Å². The van der Waals surface area contributed by atoms with Gasteiger partial charge >= 0.3 is 7.60 Å². The summed E-state index contributed by atoms with van der Waals surface area (Å²) >= 11 is 0. The van der Waals surface area contributed by atoms with E-state index in [1.807, 2.05) is 0 Å². The number of nitrogens with two attached hydrogens (primary N) is 1. The molecule has 2 aromatic heterocycles. The van der Waals surface area contributed by atoms with Crippen molar-refractivity contribution in [2.45, 2.75) is 31.1 Å². The molecule has 2 heterocycles. The lowest BCUT2D eigenvalue weighted by Crippen LogP contribution is -2.17. The van der Waals surface area contributed by atoms with Crippen molar-refractivity contribution in [2.75, 3.05) is 12.1 Å². The predicted octanol–water partition coefficient (Wildman–Crippen LogP) is -0.375. The fourth-order valence-electron chi connectivity index (χ4n) is 2.70. The second-order valence-corrected chi connectivity index (χ2v) is 6.86. The molecule has 0 unspecified atom stereocenters. The summed E-state index contributed by atoms with van der Waals surface area (Å²) < 4.78 is 17.7. The Labute approximate surface area is 125 Å². The number of aromatic nitrogens is 4. The maximum atomic E-state index is 10.9. The molecule has 0 aromatic carbocycles. The summed E-state index contributed by atoms with van der Waals surface area (Å²) in [5.41, 5.74) is 6.68. The Hall–Kier alpha value is -1.58. The molecule has 10 nitrogen and oxygen atoms in total. The van der Waals surface area contributed by atoms with E-state index in [9.17, 15) is 9.67 Å². The number of imidazole rings is 1. The molecule has 1 aliphatic rings. The Morgan fingerprint density at radius 3 is 2.86 bits per heavy atom. The second kappa shape index (κ2) is 5.56. The quantitative estimate of drug-likeness (QED) is 0.549. The number of aliphatic hydroxyl groups is 1. The van der Waals surface area contributed by atoms with Crippen molar-refractivity contribution in [2.24, 2.45) is 0 Å². The van der Waals surface area contributed by atoms with E-state index in [4.69, 9.17) is 20.3 Å². The van der Waals surface area contributed by atoms with Crippen LogP contribution in [-0.2, 0) is 9.30 Å². The van der Waals surface area contributed by atoms with Crippen molar-refractivity contribution in [1.29, 1.82) is 0 Å². The lowest BCUT2D eigenvalue weighted by molar-refractivity contribution is 0.0666. The summed E-state index contributed by atoms with van der Waals surface area (Å²) in [6.07, 6.45) is 1.70. The number of ether oxygens (including phenoxy) is 1. The lowest BCUT2D eigenvalue weighted by Gasteiger charge is -2.16. The molecule has 0 saturated heterocycles. The van der Waals surface area contributed by atoms with Crippen LogP contribution in [0.4, 0.5) is 5.82 Å². The zero-order chi connectivity index (χ0) is 15.9. The molecule has 1 saturated carbocycles. The molecule has 3 atom stereocenters. The summed E-state index contributed by atoms with van der Waals surface area (Å²) in [7, 11) is -4.22. The summed E-state index contributed by atoms with van der Waals surface area (Å²) in [6.45, 7) is 0. The number of fused-ring (bicyclic) bond motifs is 1. The molecule has 0 bridgehead atoms. The first-order valence-corrected chi connectivity index (χ1v) is 8.42. The Morgan fingerprint density at radius 1 is 1.36 bits per heavy atom. The second-order valence-electron chi connectivity index (χ2n) is 5.27. The predicted molar refractivity (Wildman–Crippen MR) is 75.8 cm³/mol. The third-order valence-electron chi connectivity index (χ3n) is 3.68. The number of anilines is 1.